The first-order chi connectivity index (χ1) is 11.6. The molecule has 0 spiro atoms. The molecule has 2 aromatic heterocycles. The number of ether oxygens (including phenoxy) is 1. The molecular formula is C17H17N5O2. The second kappa shape index (κ2) is 6.91. The smallest absolute Gasteiger partial charge is 0.258 e. The molecule has 0 aliphatic rings. The van der Waals surface area contributed by atoms with Crippen molar-refractivity contribution in [3.05, 3.63) is 60.8 Å². The highest BCUT2D eigenvalue weighted by Gasteiger charge is 2.10. The number of nitrogens with one attached hydrogen (secondary N) is 1. The van der Waals surface area contributed by atoms with E-state index in [-0.39, 0.29) is 11.9 Å². The molecule has 24 heavy (non-hydrogen) atoms. The average Bonchev–Trinajstić information content (AvgIpc) is 3.08. The van der Waals surface area contributed by atoms with Crippen LogP contribution in [0.1, 0.15) is 30.2 Å². The second-order valence-corrected chi connectivity index (χ2v) is 5.43. The van der Waals surface area contributed by atoms with Crippen molar-refractivity contribution < 1.29 is 9.53 Å². The summed E-state index contributed by atoms with van der Waals surface area (Å²) in [6.07, 6.45) is 7.95. The molecule has 0 bridgehead atoms. The summed E-state index contributed by atoms with van der Waals surface area (Å²) in [4.78, 5) is 20.2. The van der Waals surface area contributed by atoms with Crippen LogP contribution in [0, 0.1) is 0 Å². The van der Waals surface area contributed by atoms with Crippen LogP contribution < -0.4 is 10.1 Å². The number of aromatic nitrogens is 4. The van der Waals surface area contributed by atoms with E-state index in [0.29, 0.717) is 22.9 Å². The van der Waals surface area contributed by atoms with Crippen LogP contribution >= 0.6 is 0 Å². The van der Waals surface area contributed by atoms with Crippen molar-refractivity contribution in [3.63, 3.8) is 0 Å². The summed E-state index contributed by atoms with van der Waals surface area (Å²) in [5.74, 6) is 0.820. The molecule has 0 saturated heterocycles. The molecule has 0 atom stereocenters. The highest BCUT2D eigenvalue weighted by molar-refractivity contribution is 6.03. The van der Waals surface area contributed by atoms with Crippen LogP contribution in [0.15, 0.2) is 55.2 Å². The fourth-order valence-corrected chi connectivity index (χ4v) is 2.01. The number of anilines is 1. The van der Waals surface area contributed by atoms with Crippen LogP contribution in [-0.2, 0) is 0 Å². The van der Waals surface area contributed by atoms with Gasteiger partial charge in [0.2, 0.25) is 5.88 Å². The highest BCUT2D eigenvalue weighted by atomic mass is 16.5. The van der Waals surface area contributed by atoms with Gasteiger partial charge in [-0.1, -0.05) is 0 Å². The number of benzene rings is 1. The van der Waals surface area contributed by atoms with E-state index in [9.17, 15) is 4.79 Å². The van der Waals surface area contributed by atoms with Crippen LogP contribution in [0.4, 0.5) is 5.69 Å². The Kier molecular flexibility index (Phi) is 4.51. The molecule has 122 valence electrons. The van der Waals surface area contributed by atoms with Crippen LogP contribution in [0.3, 0.4) is 0 Å². The maximum absolute atomic E-state index is 12.2. The molecule has 1 amide bonds. The van der Waals surface area contributed by atoms with Crippen molar-refractivity contribution in [3.8, 4) is 11.6 Å². The number of amides is 1. The van der Waals surface area contributed by atoms with Gasteiger partial charge in [0, 0.05) is 30.3 Å². The number of carbonyl (C=O) groups excluding carboxylic acids is 1. The van der Waals surface area contributed by atoms with Crippen molar-refractivity contribution in [1.82, 2.24) is 19.7 Å². The molecule has 0 aliphatic carbocycles. The summed E-state index contributed by atoms with van der Waals surface area (Å²) in [5, 5.41) is 6.99. The minimum absolute atomic E-state index is 0.204. The van der Waals surface area contributed by atoms with Gasteiger partial charge in [-0.15, -0.1) is 0 Å². The summed E-state index contributed by atoms with van der Waals surface area (Å²) in [5.41, 5.74) is 1.19. The van der Waals surface area contributed by atoms with Gasteiger partial charge in [0.05, 0.1) is 18.0 Å². The third-order valence-electron chi connectivity index (χ3n) is 3.27. The number of hydrogen-bond donors (Lipinski definition) is 1. The van der Waals surface area contributed by atoms with Gasteiger partial charge in [0.15, 0.2) is 0 Å². The van der Waals surface area contributed by atoms with E-state index in [2.05, 4.69) is 20.4 Å². The molecule has 7 nitrogen and oxygen atoms in total. The average molecular weight is 323 g/mol. The minimum Gasteiger partial charge on any atom is -0.438 e. The summed E-state index contributed by atoms with van der Waals surface area (Å²) >= 11 is 0. The van der Waals surface area contributed by atoms with Gasteiger partial charge >= 0.3 is 0 Å². The predicted molar refractivity (Wildman–Crippen MR) is 89.1 cm³/mol. The fourth-order valence-electron chi connectivity index (χ4n) is 2.01. The zero-order valence-corrected chi connectivity index (χ0v) is 13.4. The predicted octanol–water partition coefficient (Wildman–Crippen LogP) is 3.30. The van der Waals surface area contributed by atoms with Crippen molar-refractivity contribution >= 4 is 11.6 Å². The maximum Gasteiger partial charge on any atom is 0.258 e. The molecule has 0 saturated carbocycles. The number of hydrogen-bond acceptors (Lipinski definition) is 5. The van der Waals surface area contributed by atoms with Crippen molar-refractivity contribution in [2.45, 2.75) is 19.9 Å². The van der Waals surface area contributed by atoms with Gasteiger partial charge in [-0.05, 0) is 38.1 Å². The standard InChI is InChI=1S/C17H17N5O2/c1-12(2)22-11-13(9-20-22)17(23)21-14-3-5-15(6-4-14)24-16-10-18-7-8-19-16/h3-12H,1-2H3,(H,21,23). The van der Waals surface area contributed by atoms with Crippen molar-refractivity contribution in [2.24, 2.45) is 0 Å². The normalized spacial score (nSPS) is 10.6. The first-order valence-electron chi connectivity index (χ1n) is 7.51. The number of carbonyl (C=O) groups is 1. The molecule has 1 aromatic carbocycles. The molecule has 0 unspecified atom stereocenters. The Labute approximate surface area is 139 Å². The molecule has 7 heteroatoms. The maximum atomic E-state index is 12.2. The molecule has 1 N–H and O–H groups in total. The molecule has 0 fully saturated rings. The van der Waals surface area contributed by atoms with E-state index in [4.69, 9.17) is 4.74 Å². The van der Waals surface area contributed by atoms with Crippen molar-refractivity contribution in [1.29, 1.82) is 0 Å². The molecule has 0 aliphatic heterocycles. The van der Waals surface area contributed by atoms with Gasteiger partial charge in [-0.25, -0.2) is 4.98 Å². The monoisotopic (exact) mass is 323 g/mol. The van der Waals surface area contributed by atoms with E-state index >= 15 is 0 Å². The fraction of sp³-hybridized carbons (Fsp3) is 0.176. The van der Waals surface area contributed by atoms with Gasteiger partial charge < -0.3 is 10.1 Å². The van der Waals surface area contributed by atoms with Crippen LogP contribution in [0.25, 0.3) is 0 Å². The quantitative estimate of drug-likeness (QED) is 0.779. The Morgan fingerprint density at radius 1 is 1.17 bits per heavy atom. The second-order valence-electron chi connectivity index (χ2n) is 5.43. The van der Waals surface area contributed by atoms with Gasteiger partial charge in [-0.2, -0.15) is 5.10 Å². The third-order valence-corrected chi connectivity index (χ3v) is 3.27. The van der Waals surface area contributed by atoms with Crippen LogP contribution in [-0.4, -0.2) is 25.7 Å². The lowest BCUT2D eigenvalue weighted by atomic mass is 10.2. The minimum atomic E-state index is -0.204. The van der Waals surface area contributed by atoms with E-state index in [1.807, 2.05) is 13.8 Å². The van der Waals surface area contributed by atoms with Crippen LogP contribution in [0.5, 0.6) is 11.6 Å². The van der Waals surface area contributed by atoms with Crippen molar-refractivity contribution in [2.75, 3.05) is 5.32 Å². The van der Waals surface area contributed by atoms with E-state index in [0.717, 1.165) is 0 Å². The topological polar surface area (TPSA) is 81.9 Å². The Bertz CT molecular complexity index is 813. The number of rotatable bonds is 5. The van der Waals surface area contributed by atoms with Gasteiger partial charge in [0.25, 0.3) is 5.91 Å². The number of nitrogens with zero attached hydrogens (tertiary/aromatic N) is 4. The first kappa shape index (κ1) is 15.7. The van der Waals surface area contributed by atoms with E-state index < -0.39 is 0 Å². The molecular weight excluding hydrogens is 306 g/mol. The van der Waals surface area contributed by atoms with E-state index in [1.54, 1.807) is 53.7 Å². The largest absolute Gasteiger partial charge is 0.438 e. The Morgan fingerprint density at radius 2 is 1.96 bits per heavy atom. The summed E-state index contributed by atoms with van der Waals surface area (Å²) < 4.78 is 7.30. The van der Waals surface area contributed by atoms with Crippen LogP contribution in [0.2, 0.25) is 0 Å². The summed E-state index contributed by atoms with van der Waals surface area (Å²) in [6, 6.07) is 7.24. The summed E-state index contributed by atoms with van der Waals surface area (Å²) in [7, 11) is 0. The molecule has 0 radical (unpaired) electrons. The first-order valence-corrected chi connectivity index (χ1v) is 7.51. The summed E-state index contributed by atoms with van der Waals surface area (Å²) in [6.45, 7) is 4.01. The molecule has 2 heterocycles. The molecule has 3 aromatic rings. The lowest BCUT2D eigenvalue weighted by molar-refractivity contribution is 0.102. The SMILES string of the molecule is CC(C)n1cc(C(=O)Nc2ccc(Oc3cnccn3)cc2)cn1. The van der Waals surface area contributed by atoms with E-state index in [1.165, 1.54) is 6.20 Å². The zero-order valence-electron chi connectivity index (χ0n) is 13.4. The lowest BCUT2D eigenvalue weighted by Gasteiger charge is -2.07. The van der Waals surface area contributed by atoms with Gasteiger partial charge in [-0.3, -0.25) is 14.5 Å². The Balaban J connectivity index is 1.64. The zero-order chi connectivity index (χ0) is 16.9. The lowest BCUT2D eigenvalue weighted by Crippen LogP contribution is -2.11. The van der Waals surface area contributed by atoms with Gasteiger partial charge in [0.1, 0.15) is 5.75 Å². The highest BCUT2D eigenvalue weighted by Crippen LogP contribution is 2.21. The molecule has 3 rings (SSSR count). The Hall–Kier alpha value is -3.22. The third kappa shape index (κ3) is 3.75. The Morgan fingerprint density at radius 3 is 2.58 bits per heavy atom.